The number of imidazole rings is 1. The Labute approximate surface area is 165 Å². The Morgan fingerprint density at radius 1 is 1.36 bits per heavy atom. The minimum atomic E-state index is -0.498. The molecule has 0 radical (unpaired) electrons. The number of hydrogen-bond donors (Lipinski definition) is 3. The first-order chi connectivity index (χ1) is 13.5. The van der Waals surface area contributed by atoms with Crippen LogP contribution in [0.1, 0.15) is 39.3 Å². The molecule has 10 heteroatoms. The first-order valence-corrected chi connectivity index (χ1v) is 9.33. The zero-order valence-corrected chi connectivity index (χ0v) is 17.1. The Morgan fingerprint density at radius 3 is 2.68 bits per heavy atom. The molecule has 0 aliphatic carbocycles. The average molecular weight is 396 g/mol. The summed E-state index contributed by atoms with van der Waals surface area (Å²) in [6.45, 7) is 6.57. The molecule has 158 valence electrons. The van der Waals surface area contributed by atoms with Gasteiger partial charge in [-0.05, 0) is 6.42 Å². The summed E-state index contributed by atoms with van der Waals surface area (Å²) in [4.78, 5) is 19.8. The number of aromatic nitrogens is 2. The third kappa shape index (κ3) is 7.29. The topological polar surface area (TPSA) is 139 Å². The van der Waals surface area contributed by atoms with Gasteiger partial charge in [0, 0.05) is 7.11 Å². The molecule has 1 aliphatic rings. The molecule has 0 saturated carbocycles. The van der Waals surface area contributed by atoms with Crippen LogP contribution in [0, 0.1) is 0 Å². The summed E-state index contributed by atoms with van der Waals surface area (Å²) in [5.74, 6) is 0.396. The van der Waals surface area contributed by atoms with Gasteiger partial charge in [0.1, 0.15) is 25.1 Å². The van der Waals surface area contributed by atoms with Crippen molar-refractivity contribution in [3.63, 3.8) is 0 Å². The zero-order chi connectivity index (χ0) is 20.9. The maximum Gasteiger partial charge on any atom is 0.319 e. The van der Waals surface area contributed by atoms with E-state index in [-0.39, 0.29) is 26.5 Å². The second-order valence-corrected chi connectivity index (χ2v) is 6.00. The predicted octanol–water partition coefficient (Wildman–Crippen LogP) is 1.09. The fourth-order valence-corrected chi connectivity index (χ4v) is 2.23. The number of fused-ring (bicyclic) bond motifs is 1. The second kappa shape index (κ2) is 12.9. The van der Waals surface area contributed by atoms with Gasteiger partial charge >= 0.3 is 5.97 Å². The first-order valence-electron chi connectivity index (χ1n) is 9.33. The number of carbonyl (C=O) groups is 1. The summed E-state index contributed by atoms with van der Waals surface area (Å²) in [6, 6.07) is 0. The minimum absolute atomic E-state index is 0.0503. The third-order valence-electron chi connectivity index (χ3n) is 3.36. The molecule has 0 spiro atoms. The van der Waals surface area contributed by atoms with Crippen LogP contribution in [0.4, 0.5) is 5.82 Å². The number of guanidine groups is 1. The van der Waals surface area contributed by atoms with Crippen LogP contribution in [-0.4, -0.2) is 54.5 Å². The van der Waals surface area contributed by atoms with Crippen molar-refractivity contribution in [1.29, 1.82) is 0 Å². The molecule has 0 saturated heterocycles. The molecule has 0 aromatic carbocycles. The molecule has 10 nitrogen and oxygen atoms in total. The average Bonchev–Trinajstić information content (AvgIpc) is 3.07. The van der Waals surface area contributed by atoms with Crippen LogP contribution in [0.5, 0.6) is 0 Å². The number of allylic oxidation sites excluding steroid dienone is 1. The number of aliphatic imine (C=N–C) groups is 1. The maximum absolute atomic E-state index is 11.2. The number of ether oxygens (including phenoxy) is 3. The Bertz CT molecular complexity index is 671. The molecular weight excluding hydrogens is 364 g/mol. The lowest BCUT2D eigenvalue weighted by Crippen LogP contribution is -2.33. The van der Waals surface area contributed by atoms with Crippen molar-refractivity contribution in [1.82, 2.24) is 14.9 Å². The monoisotopic (exact) mass is 396 g/mol. The normalized spacial score (nSPS) is 15.0. The fourth-order valence-electron chi connectivity index (χ4n) is 2.23. The molecule has 2 rings (SSSR count). The van der Waals surface area contributed by atoms with Crippen LogP contribution >= 0.6 is 0 Å². The zero-order valence-electron chi connectivity index (χ0n) is 17.1. The van der Waals surface area contributed by atoms with Gasteiger partial charge in [0.15, 0.2) is 11.8 Å². The van der Waals surface area contributed by atoms with Crippen molar-refractivity contribution >= 4 is 23.4 Å². The number of nitrogens with two attached hydrogens (primary N) is 2. The Balaban J connectivity index is 0.00000122. The van der Waals surface area contributed by atoms with E-state index in [1.54, 1.807) is 18.0 Å². The standard InChI is InChI=1S/C15H24N6O4.C3H8/c1-3-4-11-13-14(20-15(17)19-11)21(8-18-13)9-25-10(6-23-2)7-24-12(22)5-16;1-3-2/h4,8,10H,3,5-7,9,16H2,1-2H3,(H3,17,19,20);3H2,1-2H3/b11-4-;. The summed E-state index contributed by atoms with van der Waals surface area (Å²) < 4.78 is 17.5. The molecular formula is C18H32N6O4. The lowest BCUT2D eigenvalue weighted by Gasteiger charge is -2.19. The number of nitrogens with one attached hydrogen (secondary N) is 1. The molecule has 2 heterocycles. The van der Waals surface area contributed by atoms with Crippen LogP contribution in [0.25, 0.3) is 5.70 Å². The van der Waals surface area contributed by atoms with Crippen LogP contribution in [0.2, 0.25) is 0 Å². The first kappa shape index (κ1) is 23.6. The van der Waals surface area contributed by atoms with Crippen molar-refractivity contribution in [3.8, 4) is 0 Å². The second-order valence-electron chi connectivity index (χ2n) is 6.00. The van der Waals surface area contributed by atoms with Crippen LogP contribution in [-0.2, 0) is 25.7 Å². The number of methoxy groups -OCH3 is 1. The van der Waals surface area contributed by atoms with Gasteiger partial charge in [-0.2, -0.15) is 4.99 Å². The van der Waals surface area contributed by atoms with Gasteiger partial charge in [-0.25, -0.2) is 4.98 Å². The number of rotatable bonds is 9. The molecule has 0 fully saturated rings. The van der Waals surface area contributed by atoms with Gasteiger partial charge in [0.2, 0.25) is 0 Å². The van der Waals surface area contributed by atoms with E-state index < -0.39 is 12.1 Å². The summed E-state index contributed by atoms with van der Waals surface area (Å²) in [5, 5.41) is 2.99. The van der Waals surface area contributed by atoms with Crippen LogP contribution in [0.3, 0.4) is 0 Å². The fraction of sp³-hybridized carbons (Fsp3) is 0.611. The molecule has 1 unspecified atom stereocenters. The molecule has 1 atom stereocenters. The number of nitrogens with zero attached hydrogens (tertiary/aromatic N) is 3. The van der Waals surface area contributed by atoms with E-state index in [9.17, 15) is 4.79 Å². The molecule has 1 aromatic heterocycles. The Hall–Kier alpha value is -2.43. The van der Waals surface area contributed by atoms with E-state index in [4.69, 9.17) is 25.7 Å². The number of esters is 1. The van der Waals surface area contributed by atoms with E-state index in [0.29, 0.717) is 17.5 Å². The van der Waals surface area contributed by atoms with Crippen molar-refractivity contribution < 1.29 is 19.0 Å². The van der Waals surface area contributed by atoms with Gasteiger partial charge in [-0.3, -0.25) is 9.36 Å². The Kier molecular flexibility index (Phi) is 10.8. The van der Waals surface area contributed by atoms with Gasteiger partial charge < -0.3 is 31.0 Å². The maximum atomic E-state index is 11.2. The van der Waals surface area contributed by atoms with Gasteiger partial charge in [0.05, 0.1) is 25.2 Å². The van der Waals surface area contributed by atoms with Crippen molar-refractivity contribution in [2.24, 2.45) is 16.5 Å². The van der Waals surface area contributed by atoms with E-state index in [1.807, 2.05) is 13.0 Å². The van der Waals surface area contributed by atoms with E-state index in [1.165, 1.54) is 6.42 Å². The summed E-state index contributed by atoms with van der Waals surface area (Å²) in [5.41, 5.74) is 12.6. The van der Waals surface area contributed by atoms with Crippen molar-refractivity contribution in [3.05, 3.63) is 18.1 Å². The molecule has 0 bridgehead atoms. The van der Waals surface area contributed by atoms with E-state index in [0.717, 1.165) is 12.1 Å². The van der Waals surface area contributed by atoms with Gasteiger partial charge in [-0.15, -0.1) is 0 Å². The summed E-state index contributed by atoms with van der Waals surface area (Å²) in [7, 11) is 1.54. The molecule has 1 aliphatic heterocycles. The molecule has 5 N–H and O–H groups in total. The third-order valence-corrected chi connectivity index (χ3v) is 3.36. The van der Waals surface area contributed by atoms with Crippen molar-refractivity contribution in [2.75, 3.05) is 26.9 Å². The summed E-state index contributed by atoms with van der Waals surface area (Å²) >= 11 is 0. The molecule has 0 amide bonds. The lowest BCUT2D eigenvalue weighted by atomic mass is 10.2. The molecule has 1 aromatic rings. The number of carbonyl (C=O) groups excluding carboxylic acids is 1. The van der Waals surface area contributed by atoms with Gasteiger partial charge in [0.25, 0.3) is 0 Å². The SMILES string of the molecule is CC/C=C1\NC(N)=Nc2c1ncn2COC(COC)COC(=O)CN.CCC. The van der Waals surface area contributed by atoms with Crippen LogP contribution in [0.15, 0.2) is 17.4 Å². The number of hydrogen-bond acceptors (Lipinski definition) is 9. The minimum Gasteiger partial charge on any atom is -0.462 e. The molecule has 28 heavy (non-hydrogen) atoms. The highest BCUT2D eigenvalue weighted by Gasteiger charge is 2.21. The van der Waals surface area contributed by atoms with E-state index in [2.05, 4.69) is 29.1 Å². The Morgan fingerprint density at radius 2 is 2.07 bits per heavy atom. The van der Waals surface area contributed by atoms with Crippen molar-refractivity contribution in [2.45, 2.75) is 46.4 Å². The highest BCUT2D eigenvalue weighted by atomic mass is 16.6. The van der Waals surface area contributed by atoms with E-state index >= 15 is 0 Å². The van der Waals surface area contributed by atoms with Crippen LogP contribution < -0.4 is 16.8 Å². The summed E-state index contributed by atoms with van der Waals surface area (Å²) in [6.07, 6.45) is 5.25. The highest BCUT2D eigenvalue weighted by Crippen LogP contribution is 2.27. The lowest BCUT2D eigenvalue weighted by molar-refractivity contribution is -0.149. The smallest absolute Gasteiger partial charge is 0.319 e. The highest BCUT2D eigenvalue weighted by molar-refractivity contribution is 5.94. The largest absolute Gasteiger partial charge is 0.462 e. The van der Waals surface area contributed by atoms with Gasteiger partial charge in [-0.1, -0.05) is 33.3 Å². The quantitative estimate of drug-likeness (QED) is 0.527. The predicted molar refractivity (Wildman–Crippen MR) is 108 cm³/mol.